The molecule has 4 nitrogen and oxygen atoms in total. The highest BCUT2D eigenvalue weighted by Gasteiger charge is 2.36. The Bertz CT molecular complexity index is 266. The van der Waals surface area contributed by atoms with E-state index in [2.05, 4.69) is 24.5 Å². The number of halogens is 1. The first kappa shape index (κ1) is 18.7. The second-order valence-electron chi connectivity index (χ2n) is 5.89. The van der Waals surface area contributed by atoms with Gasteiger partial charge in [-0.25, -0.2) is 0 Å². The maximum absolute atomic E-state index is 12.3. The number of nitrogens with one attached hydrogen (secondary N) is 2. The van der Waals surface area contributed by atoms with Gasteiger partial charge in [-0.1, -0.05) is 13.8 Å². The summed E-state index contributed by atoms with van der Waals surface area (Å²) in [5, 5.41) is 15.8. The summed E-state index contributed by atoms with van der Waals surface area (Å²) in [5.41, 5.74) is -0.449. The van der Waals surface area contributed by atoms with E-state index in [1.165, 1.54) is 0 Å². The van der Waals surface area contributed by atoms with Gasteiger partial charge >= 0.3 is 0 Å². The third-order valence-corrected chi connectivity index (χ3v) is 4.60. The van der Waals surface area contributed by atoms with Gasteiger partial charge < -0.3 is 15.7 Å². The van der Waals surface area contributed by atoms with E-state index in [4.69, 9.17) is 0 Å². The molecule has 1 unspecified atom stereocenters. The number of hydrogen-bond acceptors (Lipinski definition) is 3. The van der Waals surface area contributed by atoms with Gasteiger partial charge in [0.05, 0.1) is 12.0 Å². The van der Waals surface area contributed by atoms with Crippen molar-refractivity contribution in [1.82, 2.24) is 10.6 Å². The molecule has 1 aliphatic rings. The van der Waals surface area contributed by atoms with Gasteiger partial charge in [0.15, 0.2) is 0 Å². The first-order valence-corrected chi connectivity index (χ1v) is 7.12. The van der Waals surface area contributed by atoms with Crippen molar-refractivity contribution >= 4 is 18.3 Å². The van der Waals surface area contributed by atoms with Crippen molar-refractivity contribution in [2.24, 2.45) is 10.8 Å². The summed E-state index contributed by atoms with van der Waals surface area (Å²) >= 11 is 0. The molecule has 0 aromatic rings. The van der Waals surface area contributed by atoms with Crippen LogP contribution in [0.1, 0.15) is 46.5 Å². The molecular formula is C14H29ClN2O2. The molecule has 0 spiro atoms. The van der Waals surface area contributed by atoms with Crippen molar-refractivity contribution in [2.45, 2.75) is 46.5 Å². The summed E-state index contributed by atoms with van der Waals surface area (Å²) in [4.78, 5) is 12.3. The number of carbonyl (C=O) groups excluding carboxylic acids is 1. The van der Waals surface area contributed by atoms with E-state index in [0.29, 0.717) is 6.54 Å². The third-order valence-electron chi connectivity index (χ3n) is 4.60. The molecule has 1 aliphatic heterocycles. The van der Waals surface area contributed by atoms with Crippen molar-refractivity contribution < 1.29 is 9.90 Å². The molecule has 19 heavy (non-hydrogen) atoms. The number of piperidine rings is 1. The van der Waals surface area contributed by atoms with Crippen molar-refractivity contribution in [3.8, 4) is 0 Å². The van der Waals surface area contributed by atoms with Gasteiger partial charge in [-0.05, 0) is 39.2 Å². The van der Waals surface area contributed by atoms with E-state index in [-0.39, 0.29) is 35.8 Å². The predicted octanol–water partition coefficient (Wildman–Crippen LogP) is 1.71. The number of hydrogen-bond donors (Lipinski definition) is 3. The van der Waals surface area contributed by atoms with Gasteiger partial charge in [0.25, 0.3) is 0 Å². The summed E-state index contributed by atoms with van der Waals surface area (Å²) in [5.74, 6) is 0.120. The molecule has 1 saturated heterocycles. The molecule has 1 heterocycles. The molecule has 3 N–H and O–H groups in total. The van der Waals surface area contributed by atoms with Crippen LogP contribution < -0.4 is 10.6 Å². The Kier molecular flexibility index (Phi) is 7.94. The molecule has 0 aromatic heterocycles. The molecule has 0 aliphatic carbocycles. The molecule has 1 atom stereocenters. The van der Waals surface area contributed by atoms with Crippen molar-refractivity contribution in [2.75, 3.05) is 26.2 Å². The van der Waals surface area contributed by atoms with Gasteiger partial charge in [0.2, 0.25) is 5.91 Å². The van der Waals surface area contributed by atoms with Gasteiger partial charge in [-0.15, -0.1) is 12.4 Å². The van der Waals surface area contributed by atoms with Crippen LogP contribution in [0.5, 0.6) is 0 Å². The maximum atomic E-state index is 12.3. The number of aliphatic hydroxyl groups is 1. The topological polar surface area (TPSA) is 61.4 Å². The lowest BCUT2D eigenvalue weighted by atomic mass is 9.80. The van der Waals surface area contributed by atoms with E-state index in [9.17, 15) is 9.90 Å². The van der Waals surface area contributed by atoms with Crippen LogP contribution in [-0.4, -0.2) is 37.3 Å². The summed E-state index contributed by atoms with van der Waals surface area (Å²) in [7, 11) is 0. The smallest absolute Gasteiger partial charge is 0.227 e. The minimum absolute atomic E-state index is 0. The fraction of sp³-hybridized carbons (Fsp3) is 0.929. The quantitative estimate of drug-likeness (QED) is 0.698. The number of aliphatic hydroxyl groups excluding tert-OH is 1. The zero-order chi connectivity index (χ0) is 13.6. The molecule has 0 aromatic carbocycles. The van der Waals surface area contributed by atoms with Crippen molar-refractivity contribution in [1.29, 1.82) is 0 Å². The van der Waals surface area contributed by atoms with Crippen LogP contribution in [-0.2, 0) is 4.79 Å². The predicted molar refractivity (Wildman–Crippen MR) is 80.6 cm³/mol. The van der Waals surface area contributed by atoms with Crippen molar-refractivity contribution in [3.05, 3.63) is 0 Å². The average molecular weight is 293 g/mol. The Morgan fingerprint density at radius 1 is 1.42 bits per heavy atom. The standard InChI is InChI=1S/C14H28N2O2.ClH/c1-4-14(5-2,11-17)10-16-12(18)13(3)7-6-8-15-9-13;/h15,17H,4-11H2,1-3H3,(H,16,18);1H. The van der Waals surface area contributed by atoms with Gasteiger partial charge in [0.1, 0.15) is 0 Å². The summed E-state index contributed by atoms with van der Waals surface area (Å²) in [6.45, 7) is 8.62. The van der Waals surface area contributed by atoms with Crippen LogP contribution in [0.15, 0.2) is 0 Å². The van der Waals surface area contributed by atoms with E-state index in [1.807, 2.05) is 6.92 Å². The molecule has 0 saturated carbocycles. The monoisotopic (exact) mass is 292 g/mol. The fourth-order valence-electron chi connectivity index (χ4n) is 2.51. The molecule has 1 rings (SSSR count). The summed E-state index contributed by atoms with van der Waals surface area (Å²) < 4.78 is 0. The number of carbonyl (C=O) groups is 1. The normalized spacial score (nSPS) is 23.6. The zero-order valence-corrected chi connectivity index (χ0v) is 13.2. The van der Waals surface area contributed by atoms with E-state index in [1.54, 1.807) is 0 Å². The fourth-order valence-corrected chi connectivity index (χ4v) is 2.51. The SMILES string of the molecule is CCC(CC)(CO)CNC(=O)C1(C)CCCNC1.Cl. The van der Waals surface area contributed by atoms with Gasteiger partial charge in [-0.2, -0.15) is 0 Å². The minimum atomic E-state index is -0.291. The Balaban J connectivity index is 0.00000324. The van der Waals surface area contributed by atoms with Crippen LogP contribution in [0.25, 0.3) is 0 Å². The lowest BCUT2D eigenvalue weighted by molar-refractivity contribution is -0.131. The second kappa shape index (κ2) is 8.08. The Morgan fingerprint density at radius 3 is 2.47 bits per heavy atom. The first-order chi connectivity index (χ1) is 8.52. The first-order valence-electron chi connectivity index (χ1n) is 7.12. The van der Waals surface area contributed by atoms with Crippen LogP contribution in [0, 0.1) is 10.8 Å². The van der Waals surface area contributed by atoms with Crippen LogP contribution in [0.4, 0.5) is 0 Å². The Labute approximate surface area is 123 Å². The highest BCUT2D eigenvalue weighted by atomic mass is 35.5. The molecule has 0 bridgehead atoms. The molecule has 114 valence electrons. The van der Waals surface area contributed by atoms with E-state index < -0.39 is 0 Å². The summed E-state index contributed by atoms with van der Waals surface area (Å²) in [6.07, 6.45) is 3.76. The largest absolute Gasteiger partial charge is 0.396 e. The lowest BCUT2D eigenvalue weighted by Crippen LogP contribution is -2.51. The molecule has 0 radical (unpaired) electrons. The zero-order valence-electron chi connectivity index (χ0n) is 12.4. The van der Waals surface area contributed by atoms with Crippen LogP contribution in [0.3, 0.4) is 0 Å². The molecular weight excluding hydrogens is 264 g/mol. The van der Waals surface area contributed by atoms with Crippen molar-refractivity contribution in [3.63, 3.8) is 0 Å². The highest BCUT2D eigenvalue weighted by Crippen LogP contribution is 2.28. The average Bonchev–Trinajstić information content (AvgIpc) is 2.41. The number of rotatable bonds is 6. The van der Waals surface area contributed by atoms with Crippen LogP contribution >= 0.6 is 12.4 Å². The Morgan fingerprint density at radius 2 is 2.05 bits per heavy atom. The molecule has 5 heteroatoms. The van der Waals surface area contributed by atoms with Crippen LogP contribution in [0.2, 0.25) is 0 Å². The number of amides is 1. The Hall–Kier alpha value is -0.320. The second-order valence-corrected chi connectivity index (χ2v) is 5.89. The van der Waals surface area contributed by atoms with Gasteiger partial charge in [0, 0.05) is 18.5 Å². The van der Waals surface area contributed by atoms with Gasteiger partial charge in [-0.3, -0.25) is 4.79 Å². The minimum Gasteiger partial charge on any atom is -0.396 e. The molecule has 1 amide bonds. The third kappa shape index (κ3) is 4.62. The molecule has 1 fully saturated rings. The van der Waals surface area contributed by atoms with E-state index >= 15 is 0 Å². The summed E-state index contributed by atoms with van der Waals surface area (Å²) in [6, 6.07) is 0. The lowest BCUT2D eigenvalue weighted by Gasteiger charge is -2.35. The highest BCUT2D eigenvalue weighted by molar-refractivity contribution is 5.85. The van der Waals surface area contributed by atoms with E-state index in [0.717, 1.165) is 38.8 Å². The maximum Gasteiger partial charge on any atom is 0.227 e.